The summed E-state index contributed by atoms with van der Waals surface area (Å²) in [7, 11) is 3.14. The van der Waals surface area contributed by atoms with Crippen molar-refractivity contribution in [3.63, 3.8) is 0 Å². The molecule has 0 bridgehead atoms. The Labute approximate surface area is 184 Å². The number of anilines is 3. The number of hydrogen-bond donors (Lipinski definition) is 3. The lowest BCUT2D eigenvalue weighted by Crippen LogP contribution is -2.49. The van der Waals surface area contributed by atoms with Crippen LogP contribution in [0.3, 0.4) is 0 Å². The van der Waals surface area contributed by atoms with Crippen LogP contribution in [0, 0.1) is 12.3 Å². The maximum atomic E-state index is 12.4. The maximum Gasteiger partial charge on any atom is 0.257 e. The molecule has 9 nitrogen and oxygen atoms in total. The molecule has 0 unspecified atom stereocenters. The molecule has 9 heteroatoms. The molecule has 4 rings (SSSR count). The predicted molar refractivity (Wildman–Crippen MR) is 119 cm³/mol. The number of carbonyl (C=O) groups excluding carboxylic acids is 1. The number of benzene rings is 1. The second-order valence-corrected chi connectivity index (χ2v) is 8.61. The number of furan rings is 1. The zero-order chi connectivity index (χ0) is 23.2. The third-order valence-corrected chi connectivity index (χ3v) is 5.74. The summed E-state index contributed by atoms with van der Waals surface area (Å²) < 4.78 is 11.2. The van der Waals surface area contributed by atoms with Gasteiger partial charge in [-0.2, -0.15) is 0 Å². The van der Waals surface area contributed by atoms with Crippen LogP contribution in [0.4, 0.5) is 17.1 Å². The van der Waals surface area contributed by atoms with E-state index in [4.69, 9.17) is 9.15 Å². The lowest BCUT2D eigenvalue weighted by Gasteiger charge is -2.44. The Morgan fingerprint density at radius 2 is 1.81 bits per heavy atom. The van der Waals surface area contributed by atoms with Gasteiger partial charge in [0.2, 0.25) is 0 Å². The van der Waals surface area contributed by atoms with Crippen molar-refractivity contribution in [1.82, 2.24) is 4.90 Å². The highest BCUT2D eigenvalue weighted by Gasteiger charge is 2.45. The molecule has 1 saturated heterocycles. The van der Waals surface area contributed by atoms with Crippen molar-refractivity contribution in [3.05, 3.63) is 67.9 Å². The van der Waals surface area contributed by atoms with Gasteiger partial charge in [-0.3, -0.25) is 14.4 Å². The second-order valence-electron chi connectivity index (χ2n) is 8.61. The van der Waals surface area contributed by atoms with Gasteiger partial charge < -0.3 is 29.8 Å². The summed E-state index contributed by atoms with van der Waals surface area (Å²) >= 11 is 0. The molecule has 1 atom stereocenters. The van der Waals surface area contributed by atoms with Crippen LogP contribution in [0.2, 0.25) is 0 Å². The highest BCUT2D eigenvalue weighted by atomic mass is 16.5. The van der Waals surface area contributed by atoms with Gasteiger partial charge >= 0.3 is 0 Å². The third-order valence-electron chi connectivity index (χ3n) is 5.74. The van der Waals surface area contributed by atoms with Gasteiger partial charge in [0.15, 0.2) is 5.75 Å². The normalized spacial score (nSPS) is 15.8. The standard InChI is InChI=1S/C23H25N3O6/c1-12-8-9-15(32-12)21(23(2)10-31-11-23)25-17-16(19(28)20(17)29)24-14-7-5-6-13(18(14)27)22(30)26(3)4/h5-9,21,24-25,27H,10-11H2,1-4H3/t21-/m0/s1. The van der Waals surface area contributed by atoms with Crippen LogP contribution in [-0.2, 0) is 4.74 Å². The maximum absolute atomic E-state index is 12.4. The van der Waals surface area contributed by atoms with E-state index >= 15 is 0 Å². The number of para-hydroxylation sites is 1. The first-order valence-corrected chi connectivity index (χ1v) is 10.2. The van der Waals surface area contributed by atoms with Gasteiger partial charge in [0, 0.05) is 19.5 Å². The highest BCUT2D eigenvalue weighted by molar-refractivity contribution is 5.99. The molecule has 2 aromatic carbocycles. The van der Waals surface area contributed by atoms with Crippen molar-refractivity contribution >= 4 is 23.0 Å². The van der Waals surface area contributed by atoms with Crippen molar-refractivity contribution in [3.8, 4) is 5.75 Å². The Balaban J connectivity index is 1.66. The van der Waals surface area contributed by atoms with Gasteiger partial charge in [0.05, 0.1) is 30.5 Å². The van der Waals surface area contributed by atoms with Crippen molar-refractivity contribution in [2.24, 2.45) is 5.41 Å². The Bertz CT molecular complexity index is 1250. The monoisotopic (exact) mass is 439 g/mol. The zero-order valence-corrected chi connectivity index (χ0v) is 18.3. The first-order chi connectivity index (χ1) is 15.1. The van der Waals surface area contributed by atoms with Crippen LogP contribution in [0.15, 0.2) is 44.3 Å². The number of aryl methyl sites for hydroxylation is 1. The SMILES string of the molecule is Cc1ccc([C@H](Nc2c(Nc3cccc(C(=O)N(C)C)c3O)c(=O)c2=O)C2(C)COC2)o1. The summed E-state index contributed by atoms with van der Waals surface area (Å²) in [5, 5.41) is 16.6. The number of phenolic OH excluding ortho intramolecular Hbond substituents is 1. The molecule has 0 spiro atoms. The summed E-state index contributed by atoms with van der Waals surface area (Å²) in [6.45, 7) is 4.78. The Hall–Kier alpha value is -3.59. The second kappa shape index (κ2) is 7.83. The largest absolute Gasteiger partial charge is 0.505 e. The highest BCUT2D eigenvalue weighted by Crippen LogP contribution is 2.43. The van der Waals surface area contributed by atoms with Gasteiger partial charge in [-0.15, -0.1) is 0 Å². The first-order valence-electron chi connectivity index (χ1n) is 10.2. The van der Waals surface area contributed by atoms with Crippen molar-refractivity contribution < 1.29 is 19.1 Å². The number of rotatable bonds is 7. The Kier molecular flexibility index (Phi) is 5.29. The minimum Gasteiger partial charge on any atom is -0.505 e. The predicted octanol–water partition coefficient (Wildman–Crippen LogP) is 2.52. The molecular weight excluding hydrogens is 414 g/mol. The lowest BCUT2D eigenvalue weighted by molar-refractivity contribution is -0.115. The van der Waals surface area contributed by atoms with Crippen LogP contribution in [0.25, 0.3) is 0 Å². The van der Waals surface area contributed by atoms with Gasteiger partial charge in [0.1, 0.15) is 22.9 Å². The van der Waals surface area contributed by atoms with Gasteiger partial charge in [-0.05, 0) is 31.2 Å². The van der Waals surface area contributed by atoms with Crippen LogP contribution in [0.5, 0.6) is 5.75 Å². The van der Waals surface area contributed by atoms with Crippen LogP contribution < -0.4 is 21.5 Å². The van der Waals surface area contributed by atoms with E-state index in [0.29, 0.717) is 19.0 Å². The summed E-state index contributed by atoms with van der Waals surface area (Å²) in [6, 6.07) is 7.85. The fourth-order valence-corrected chi connectivity index (χ4v) is 3.77. The van der Waals surface area contributed by atoms with Crippen molar-refractivity contribution in [1.29, 1.82) is 0 Å². The molecule has 3 aromatic rings. The van der Waals surface area contributed by atoms with E-state index in [1.165, 1.54) is 17.0 Å². The molecule has 1 amide bonds. The van der Waals surface area contributed by atoms with E-state index < -0.39 is 16.9 Å². The van der Waals surface area contributed by atoms with E-state index in [2.05, 4.69) is 10.6 Å². The fourth-order valence-electron chi connectivity index (χ4n) is 3.77. The van der Waals surface area contributed by atoms with Crippen molar-refractivity contribution in [2.45, 2.75) is 19.9 Å². The van der Waals surface area contributed by atoms with Crippen LogP contribution in [-0.4, -0.2) is 43.2 Å². The van der Waals surface area contributed by atoms with E-state index in [0.717, 1.165) is 5.76 Å². The van der Waals surface area contributed by atoms with Gasteiger partial charge in [0.25, 0.3) is 16.8 Å². The van der Waals surface area contributed by atoms with Gasteiger partial charge in [-0.25, -0.2) is 0 Å². The number of amides is 1. The van der Waals surface area contributed by atoms with Crippen LogP contribution >= 0.6 is 0 Å². The lowest BCUT2D eigenvalue weighted by atomic mass is 9.79. The smallest absolute Gasteiger partial charge is 0.257 e. The quantitative estimate of drug-likeness (QED) is 0.379. The molecular formula is C23H25N3O6. The number of carbonyl (C=O) groups is 1. The minimum absolute atomic E-state index is 0.0249. The molecule has 0 aliphatic carbocycles. The minimum atomic E-state index is -0.708. The third kappa shape index (κ3) is 3.54. The summed E-state index contributed by atoms with van der Waals surface area (Å²) in [6.07, 6.45) is 0. The zero-order valence-electron chi connectivity index (χ0n) is 18.3. The number of aromatic hydroxyl groups is 1. The molecule has 1 aliphatic rings. The molecule has 0 radical (unpaired) electrons. The van der Waals surface area contributed by atoms with E-state index in [1.807, 2.05) is 26.0 Å². The molecule has 0 saturated carbocycles. The average molecular weight is 439 g/mol. The molecule has 1 fully saturated rings. The number of nitrogens with one attached hydrogen (secondary N) is 2. The summed E-state index contributed by atoms with van der Waals surface area (Å²) in [5.41, 5.74) is -1.35. The molecule has 168 valence electrons. The number of phenols is 1. The Morgan fingerprint density at radius 3 is 2.38 bits per heavy atom. The first kappa shape index (κ1) is 21.6. The summed E-state index contributed by atoms with van der Waals surface area (Å²) in [5.74, 6) is 0.670. The number of nitrogens with zero attached hydrogens (tertiary/aromatic N) is 1. The van der Waals surface area contributed by atoms with E-state index in [9.17, 15) is 19.5 Å². The number of hydrogen-bond acceptors (Lipinski definition) is 8. The number of ether oxygens (including phenoxy) is 1. The molecule has 32 heavy (non-hydrogen) atoms. The van der Waals surface area contributed by atoms with E-state index in [1.54, 1.807) is 20.2 Å². The Morgan fingerprint density at radius 1 is 1.12 bits per heavy atom. The van der Waals surface area contributed by atoms with E-state index in [-0.39, 0.29) is 39.7 Å². The molecule has 2 heterocycles. The molecule has 3 N–H and O–H groups in total. The van der Waals surface area contributed by atoms with Gasteiger partial charge in [-0.1, -0.05) is 13.0 Å². The molecule has 1 aliphatic heterocycles. The topological polar surface area (TPSA) is 121 Å². The average Bonchev–Trinajstić information content (AvgIpc) is 3.17. The van der Waals surface area contributed by atoms with Crippen molar-refractivity contribution in [2.75, 3.05) is 37.9 Å². The molecule has 1 aromatic heterocycles. The fraction of sp³-hybridized carbons (Fsp3) is 0.348. The summed E-state index contributed by atoms with van der Waals surface area (Å²) in [4.78, 5) is 38.4. The van der Waals surface area contributed by atoms with Crippen LogP contribution in [0.1, 0.15) is 34.8 Å².